The van der Waals surface area contributed by atoms with E-state index in [4.69, 9.17) is 4.98 Å². The van der Waals surface area contributed by atoms with E-state index in [-0.39, 0.29) is 5.82 Å². The molecule has 0 unspecified atom stereocenters. The molecule has 0 amide bonds. The van der Waals surface area contributed by atoms with Crippen molar-refractivity contribution in [3.63, 3.8) is 0 Å². The second-order valence-corrected chi connectivity index (χ2v) is 5.98. The van der Waals surface area contributed by atoms with Crippen molar-refractivity contribution < 1.29 is 4.39 Å². The zero-order valence-corrected chi connectivity index (χ0v) is 14.1. The summed E-state index contributed by atoms with van der Waals surface area (Å²) in [4.78, 5) is 13.5. The molecule has 0 atom stereocenters. The molecule has 25 heavy (non-hydrogen) atoms. The van der Waals surface area contributed by atoms with E-state index in [1.54, 1.807) is 18.5 Å². The van der Waals surface area contributed by atoms with Crippen LogP contribution >= 0.6 is 0 Å². The Hall–Kier alpha value is -3.02. The summed E-state index contributed by atoms with van der Waals surface area (Å²) in [6.45, 7) is 5.28. The van der Waals surface area contributed by atoms with Crippen molar-refractivity contribution in [1.82, 2.24) is 24.1 Å². The lowest BCUT2D eigenvalue weighted by molar-refractivity contribution is 0.624. The standard InChI is InChI=1S/C19H18FN5/c1-3-25-17(23-16-5-4-8-21-19(16)25)12-24-10-9-22-18(24)14-11-13(2)6-7-15(14)20/h4-11H,3,12H2,1-2H3. The number of hydrogen-bond acceptors (Lipinski definition) is 3. The van der Waals surface area contributed by atoms with E-state index in [2.05, 4.69) is 21.5 Å². The fourth-order valence-corrected chi connectivity index (χ4v) is 3.10. The van der Waals surface area contributed by atoms with Gasteiger partial charge in [-0.15, -0.1) is 0 Å². The predicted molar refractivity (Wildman–Crippen MR) is 94.7 cm³/mol. The minimum absolute atomic E-state index is 0.274. The summed E-state index contributed by atoms with van der Waals surface area (Å²) in [6, 6.07) is 8.89. The summed E-state index contributed by atoms with van der Waals surface area (Å²) >= 11 is 0. The van der Waals surface area contributed by atoms with Crippen molar-refractivity contribution in [2.24, 2.45) is 0 Å². The van der Waals surface area contributed by atoms with Gasteiger partial charge in [-0.2, -0.15) is 0 Å². The van der Waals surface area contributed by atoms with Gasteiger partial charge in [0.05, 0.1) is 12.1 Å². The van der Waals surface area contributed by atoms with E-state index in [1.807, 2.05) is 35.9 Å². The highest BCUT2D eigenvalue weighted by molar-refractivity contribution is 5.71. The molecule has 4 rings (SSSR count). The Morgan fingerprint density at radius 2 is 2.00 bits per heavy atom. The molecule has 0 bridgehead atoms. The summed E-state index contributed by atoms with van der Waals surface area (Å²) in [5, 5.41) is 0. The molecule has 1 aromatic carbocycles. The van der Waals surface area contributed by atoms with E-state index >= 15 is 0 Å². The van der Waals surface area contributed by atoms with Crippen LogP contribution in [0.3, 0.4) is 0 Å². The molecule has 0 spiro atoms. The lowest BCUT2D eigenvalue weighted by Gasteiger charge is -2.10. The van der Waals surface area contributed by atoms with Crippen molar-refractivity contribution in [3.8, 4) is 11.4 Å². The van der Waals surface area contributed by atoms with Crippen LogP contribution in [0.1, 0.15) is 18.3 Å². The van der Waals surface area contributed by atoms with E-state index < -0.39 is 0 Å². The van der Waals surface area contributed by atoms with Gasteiger partial charge in [-0.25, -0.2) is 19.3 Å². The zero-order chi connectivity index (χ0) is 17.4. The lowest BCUT2D eigenvalue weighted by atomic mass is 10.1. The molecule has 126 valence electrons. The van der Waals surface area contributed by atoms with E-state index in [9.17, 15) is 4.39 Å². The summed E-state index contributed by atoms with van der Waals surface area (Å²) in [6.07, 6.45) is 5.31. The topological polar surface area (TPSA) is 48.5 Å². The van der Waals surface area contributed by atoms with Crippen LogP contribution in [0, 0.1) is 12.7 Å². The molecule has 0 aliphatic heterocycles. The van der Waals surface area contributed by atoms with Gasteiger partial charge < -0.3 is 9.13 Å². The first-order chi connectivity index (χ1) is 12.2. The first kappa shape index (κ1) is 15.5. The molecular formula is C19H18FN5. The predicted octanol–water partition coefficient (Wildman–Crippen LogP) is 3.81. The number of hydrogen-bond donors (Lipinski definition) is 0. The van der Waals surface area contributed by atoms with Gasteiger partial charge in [0.15, 0.2) is 5.65 Å². The molecule has 0 radical (unpaired) electrons. The van der Waals surface area contributed by atoms with Crippen molar-refractivity contribution in [1.29, 1.82) is 0 Å². The van der Waals surface area contributed by atoms with Crippen LogP contribution in [0.15, 0.2) is 48.9 Å². The van der Waals surface area contributed by atoms with Gasteiger partial charge in [-0.1, -0.05) is 11.6 Å². The Morgan fingerprint density at radius 1 is 1.12 bits per heavy atom. The fourth-order valence-electron chi connectivity index (χ4n) is 3.10. The molecule has 0 fully saturated rings. The Bertz CT molecular complexity index is 1050. The maximum atomic E-state index is 14.3. The van der Waals surface area contributed by atoms with Crippen LogP contribution in [0.5, 0.6) is 0 Å². The van der Waals surface area contributed by atoms with Gasteiger partial charge in [0.2, 0.25) is 0 Å². The number of imidazole rings is 2. The number of aryl methyl sites for hydroxylation is 2. The molecule has 0 aliphatic rings. The van der Waals surface area contributed by atoms with Crippen molar-refractivity contribution >= 4 is 11.2 Å². The van der Waals surface area contributed by atoms with Crippen LogP contribution in [0.4, 0.5) is 4.39 Å². The first-order valence-corrected chi connectivity index (χ1v) is 8.25. The number of halogens is 1. The molecule has 0 N–H and O–H groups in total. The van der Waals surface area contributed by atoms with Crippen LogP contribution in [-0.2, 0) is 13.1 Å². The second kappa shape index (κ2) is 6.12. The summed E-state index contributed by atoms with van der Waals surface area (Å²) in [7, 11) is 0. The van der Waals surface area contributed by atoms with Crippen LogP contribution in [0.25, 0.3) is 22.6 Å². The number of pyridine rings is 1. The van der Waals surface area contributed by atoms with Crippen molar-refractivity contribution in [2.75, 3.05) is 0 Å². The van der Waals surface area contributed by atoms with Crippen LogP contribution < -0.4 is 0 Å². The summed E-state index contributed by atoms with van der Waals surface area (Å²) in [5.74, 6) is 1.20. The van der Waals surface area contributed by atoms with Gasteiger partial charge in [-0.05, 0) is 38.1 Å². The summed E-state index contributed by atoms with van der Waals surface area (Å²) < 4.78 is 18.3. The molecule has 0 saturated carbocycles. The quantitative estimate of drug-likeness (QED) is 0.570. The van der Waals surface area contributed by atoms with Crippen LogP contribution in [-0.4, -0.2) is 24.1 Å². The summed E-state index contributed by atoms with van der Waals surface area (Å²) in [5.41, 5.74) is 3.23. The smallest absolute Gasteiger partial charge is 0.160 e. The van der Waals surface area contributed by atoms with E-state index in [0.717, 1.165) is 29.1 Å². The maximum Gasteiger partial charge on any atom is 0.160 e. The van der Waals surface area contributed by atoms with E-state index in [1.165, 1.54) is 6.07 Å². The fraction of sp³-hybridized carbons (Fsp3) is 0.211. The Labute approximate surface area is 144 Å². The number of rotatable bonds is 4. The minimum atomic E-state index is -0.274. The Morgan fingerprint density at radius 3 is 2.84 bits per heavy atom. The first-order valence-electron chi connectivity index (χ1n) is 8.25. The van der Waals surface area contributed by atoms with Crippen LogP contribution in [0.2, 0.25) is 0 Å². The molecule has 0 aliphatic carbocycles. The zero-order valence-electron chi connectivity index (χ0n) is 14.1. The third-order valence-corrected chi connectivity index (χ3v) is 4.29. The molecule has 3 aromatic heterocycles. The normalized spacial score (nSPS) is 11.3. The minimum Gasteiger partial charge on any atom is -0.323 e. The SMILES string of the molecule is CCn1c(Cn2ccnc2-c2cc(C)ccc2F)nc2cccnc21. The monoisotopic (exact) mass is 335 g/mol. The molecule has 5 nitrogen and oxygen atoms in total. The lowest BCUT2D eigenvalue weighted by Crippen LogP contribution is -2.09. The van der Waals surface area contributed by atoms with Gasteiger partial charge in [0, 0.05) is 25.1 Å². The highest BCUT2D eigenvalue weighted by atomic mass is 19.1. The Kier molecular flexibility index (Phi) is 3.80. The number of nitrogens with zero attached hydrogens (tertiary/aromatic N) is 5. The molecule has 0 saturated heterocycles. The largest absolute Gasteiger partial charge is 0.323 e. The average molecular weight is 335 g/mol. The molecular weight excluding hydrogens is 317 g/mol. The number of benzene rings is 1. The number of fused-ring (bicyclic) bond motifs is 1. The molecule has 6 heteroatoms. The van der Waals surface area contributed by atoms with Crippen molar-refractivity contribution in [3.05, 3.63) is 66.1 Å². The molecule has 4 aromatic rings. The van der Waals surface area contributed by atoms with Gasteiger partial charge in [0.25, 0.3) is 0 Å². The molecule has 3 heterocycles. The number of aromatic nitrogens is 5. The van der Waals surface area contributed by atoms with Gasteiger partial charge in [-0.3, -0.25) is 0 Å². The average Bonchev–Trinajstić information content (AvgIpc) is 3.21. The van der Waals surface area contributed by atoms with Crippen molar-refractivity contribution in [2.45, 2.75) is 26.9 Å². The third-order valence-electron chi connectivity index (χ3n) is 4.29. The Balaban J connectivity index is 1.79. The third kappa shape index (κ3) is 2.69. The maximum absolute atomic E-state index is 14.3. The van der Waals surface area contributed by atoms with E-state index in [0.29, 0.717) is 17.9 Å². The van der Waals surface area contributed by atoms with Gasteiger partial charge >= 0.3 is 0 Å². The highest BCUT2D eigenvalue weighted by Gasteiger charge is 2.15. The van der Waals surface area contributed by atoms with Gasteiger partial charge in [0.1, 0.15) is 23.0 Å². The highest BCUT2D eigenvalue weighted by Crippen LogP contribution is 2.24. The second-order valence-electron chi connectivity index (χ2n) is 5.98.